The predicted octanol–water partition coefficient (Wildman–Crippen LogP) is 3.19. The number of Topliss-reactive ketones (excluding diaryl/α,β-unsaturated/α-hetero) is 1. The van der Waals surface area contributed by atoms with Crippen LogP contribution in [0.4, 0.5) is 5.69 Å². The van der Waals surface area contributed by atoms with E-state index >= 15 is 0 Å². The highest BCUT2D eigenvalue weighted by Crippen LogP contribution is 2.20. The van der Waals surface area contributed by atoms with Crippen LogP contribution in [0.2, 0.25) is 0 Å². The molecule has 17 heavy (non-hydrogen) atoms. The van der Waals surface area contributed by atoms with E-state index in [9.17, 15) is 9.59 Å². The fourth-order valence-electron chi connectivity index (χ4n) is 1.64. The molecule has 0 heterocycles. The number of amides is 1. The topological polar surface area (TPSA) is 46.2 Å². The van der Waals surface area contributed by atoms with E-state index in [1.54, 1.807) is 6.07 Å². The summed E-state index contributed by atoms with van der Waals surface area (Å²) in [5.74, 6) is -0.0110. The number of rotatable bonds is 5. The fraction of sp³-hybridized carbons (Fsp3) is 0.429. The summed E-state index contributed by atoms with van der Waals surface area (Å²) >= 11 is 0. The second-order valence-electron chi connectivity index (χ2n) is 4.08. The van der Waals surface area contributed by atoms with Gasteiger partial charge in [-0.25, -0.2) is 0 Å². The molecule has 0 atom stereocenters. The second-order valence-corrected chi connectivity index (χ2v) is 4.08. The molecule has 1 N–H and O–H groups in total. The average Bonchev–Trinajstić information content (AvgIpc) is 2.31. The van der Waals surface area contributed by atoms with E-state index in [1.165, 1.54) is 6.92 Å². The van der Waals surface area contributed by atoms with Gasteiger partial charge in [-0.05, 0) is 25.0 Å². The summed E-state index contributed by atoms with van der Waals surface area (Å²) in [4.78, 5) is 22.7. The second kappa shape index (κ2) is 6.18. The first-order valence-corrected chi connectivity index (χ1v) is 6.02. The minimum absolute atomic E-state index is 0.0139. The molecule has 0 aliphatic rings. The van der Waals surface area contributed by atoms with Gasteiger partial charge in [0.1, 0.15) is 0 Å². The van der Waals surface area contributed by atoms with Crippen molar-refractivity contribution in [1.29, 1.82) is 0 Å². The summed E-state index contributed by atoms with van der Waals surface area (Å²) in [6, 6.07) is 5.50. The van der Waals surface area contributed by atoms with E-state index in [2.05, 4.69) is 12.2 Å². The Hall–Kier alpha value is -1.64. The van der Waals surface area contributed by atoms with Crippen LogP contribution in [0.3, 0.4) is 0 Å². The maximum absolute atomic E-state index is 11.4. The molecular formula is C14H19NO2. The number of ketones is 1. The van der Waals surface area contributed by atoms with Crippen LogP contribution >= 0.6 is 0 Å². The van der Waals surface area contributed by atoms with E-state index in [1.807, 2.05) is 19.1 Å². The molecule has 3 nitrogen and oxygen atoms in total. The molecule has 3 heteroatoms. The lowest BCUT2D eigenvalue weighted by atomic mass is 10.0. The Kier molecular flexibility index (Phi) is 4.88. The van der Waals surface area contributed by atoms with Crippen molar-refractivity contribution in [1.82, 2.24) is 0 Å². The molecule has 0 fully saturated rings. The summed E-state index contributed by atoms with van der Waals surface area (Å²) in [6.07, 6.45) is 2.35. The number of carbonyl (C=O) groups is 2. The van der Waals surface area contributed by atoms with Crippen LogP contribution in [-0.4, -0.2) is 11.7 Å². The van der Waals surface area contributed by atoms with Crippen molar-refractivity contribution in [2.45, 2.75) is 40.0 Å². The average molecular weight is 233 g/mol. The summed E-state index contributed by atoms with van der Waals surface area (Å²) in [5.41, 5.74) is 2.49. The van der Waals surface area contributed by atoms with Crippen LogP contribution < -0.4 is 5.32 Å². The Morgan fingerprint density at radius 3 is 2.47 bits per heavy atom. The Morgan fingerprint density at radius 2 is 1.94 bits per heavy atom. The zero-order chi connectivity index (χ0) is 12.8. The number of aryl methyl sites for hydroxylation is 1. The molecule has 0 aliphatic heterocycles. The van der Waals surface area contributed by atoms with Crippen molar-refractivity contribution in [3.05, 3.63) is 29.3 Å². The third-order valence-corrected chi connectivity index (χ3v) is 2.63. The molecular weight excluding hydrogens is 214 g/mol. The Morgan fingerprint density at radius 1 is 1.24 bits per heavy atom. The van der Waals surface area contributed by atoms with E-state index in [0.29, 0.717) is 12.0 Å². The standard InChI is InChI=1S/C14H19NO2/c1-4-6-11-7-8-12(10(3)16)9-13(11)15-14(17)5-2/h7-9H,4-6H2,1-3H3,(H,15,17). The Labute approximate surface area is 102 Å². The molecule has 0 aromatic heterocycles. The van der Waals surface area contributed by atoms with Gasteiger partial charge in [0.05, 0.1) is 0 Å². The van der Waals surface area contributed by atoms with Gasteiger partial charge < -0.3 is 5.32 Å². The van der Waals surface area contributed by atoms with Crippen molar-refractivity contribution >= 4 is 17.4 Å². The Balaban J connectivity index is 3.06. The third-order valence-electron chi connectivity index (χ3n) is 2.63. The third kappa shape index (κ3) is 3.70. The molecule has 1 amide bonds. The van der Waals surface area contributed by atoms with Crippen LogP contribution in [0.5, 0.6) is 0 Å². The summed E-state index contributed by atoms with van der Waals surface area (Å²) in [6.45, 7) is 5.42. The molecule has 0 radical (unpaired) electrons. The van der Waals surface area contributed by atoms with Gasteiger partial charge in [0.15, 0.2) is 5.78 Å². The van der Waals surface area contributed by atoms with Crippen molar-refractivity contribution in [2.75, 3.05) is 5.32 Å². The van der Waals surface area contributed by atoms with Crippen molar-refractivity contribution in [3.8, 4) is 0 Å². The van der Waals surface area contributed by atoms with Gasteiger partial charge in [-0.1, -0.05) is 32.4 Å². The lowest BCUT2D eigenvalue weighted by Crippen LogP contribution is -2.12. The smallest absolute Gasteiger partial charge is 0.224 e. The van der Waals surface area contributed by atoms with Gasteiger partial charge >= 0.3 is 0 Å². The number of benzene rings is 1. The fourth-order valence-corrected chi connectivity index (χ4v) is 1.64. The van der Waals surface area contributed by atoms with Crippen LogP contribution in [-0.2, 0) is 11.2 Å². The van der Waals surface area contributed by atoms with Crippen LogP contribution in [0, 0.1) is 0 Å². The normalized spacial score (nSPS) is 10.1. The number of carbonyl (C=O) groups excluding carboxylic acids is 2. The van der Waals surface area contributed by atoms with Crippen LogP contribution in [0.25, 0.3) is 0 Å². The first-order chi connectivity index (χ1) is 8.08. The number of hydrogen-bond acceptors (Lipinski definition) is 2. The molecule has 0 saturated carbocycles. The summed E-state index contributed by atoms with van der Waals surface area (Å²) in [7, 11) is 0. The lowest BCUT2D eigenvalue weighted by molar-refractivity contribution is -0.115. The highest BCUT2D eigenvalue weighted by Gasteiger charge is 2.08. The van der Waals surface area contributed by atoms with Crippen LogP contribution in [0.1, 0.15) is 49.5 Å². The summed E-state index contributed by atoms with van der Waals surface area (Å²) < 4.78 is 0. The zero-order valence-corrected chi connectivity index (χ0v) is 10.7. The molecule has 0 aliphatic carbocycles. The van der Waals surface area contributed by atoms with Crippen molar-refractivity contribution in [2.24, 2.45) is 0 Å². The van der Waals surface area contributed by atoms with Gasteiger partial charge in [0, 0.05) is 17.7 Å². The minimum Gasteiger partial charge on any atom is -0.326 e. The largest absolute Gasteiger partial charge is 0.326 e. The van der Waals surface area contributed by atoms with Gasteiger partial charge in [-0.15, -0.1) is 0 Å². The van der Waals surface area contributed by atoms with E-state index in [-0.39, 0.29) is 11.7 Å². The van der Waals surface area contributed by atoms with Gasteiger partial charge in [0.25, 0.3) is 0 Å². The van der Waals surface area contributed by atoms with Gasteiger partial charge in [-0.3, -0.25) is 9.59 Å². The first kappa shape index (κ1) is 13.4. The van der Waals surface area contributed by atoms with Crippen molar-refractivity contribution in [3.63, 3.8) is 0 Å². The SMILES string of the molecule is CCCc1ccc(C(C)=O)cc1NC(=O)CC. The molecule has 0 bridgehead atoms. The molecule has 0 spiro atoms. The number of anilines is 1. The quantitative estimate of drug-likeness (QED) is 0.794. The van der Waals surface area contributed by atoms with E-state index < -0.39 is 0 Å². The molecule has 1 aromatic rings. The lowest BCUT2D eigenvalue weighted by Gasteiger charge is -2.11. The minimum atomic E-state index is -0.0249. The zero-order valence-electron chi connectivity index (χ0n) is 10.7. The van der Waals surface area contributed by atoms with E-state index in [0.717, 1.165) is 24.1 Å². The number of hydrogen-bond donors (Lipinski definition) is 1. The predicted molar refractivity (Wildman–Crippen MR) is 69.4 cm³/mol. The molecule has 1 rings (SSSR count). The molecule has 1 aromatic carbocycles. The first-order valence-electron chi connectivity index (χ1n) is 6.02. The number of nitrogens with one attached hydrogen (secondary N) is 1. The highest BCUT2D eigenvalue weighted by molar-refractivity contribution is 5.97. The Bertz CT molecular complexity index is 424. The van der Waals surface area contributed by atoms with Crippen LogP contribution in [0.15, 0.2) is 18.2 Å². The molecule has 92 valence electrons. The maximum atomic E-state index is 11.4. The summed E-state index contributed by atoms with van der Waals surface area (Å²) in [5, 5.41) is 2.85. The van der Waals surface area contributed by atoms with E-state index in [4.69, 9.17) is 0 Å². The van der Waals surface area contributed by atoms with Gasteiger partial charge in [0.2, 0.25) is 5.91 Å². The van der Waals surface area contributed by atoms with Crippen molar-refractivity contribution < 1.29 is 9.59 Å². The monoisotopic (exact) mass is 233 g/mol. The maximum Gasteiger partial charge on any atom is 0.224 e. The highest BCUT2D eigenvalue weighted by atomic mass is 16.1. The van der Waals surface area contributed by atoms with Gasteiger partial charge in [-0.2, -0.15) is 0 Å². The molecule has 0 unspecified atom stereocenters. The molecule has 0 saturated heterocycles.